The predicted octanol–water partition coefficient (Wildman–Crippen LogP) is 5.39. The van der Waals surface area contributed by atoms with Gasteiger partial charge in [0, 0.05) is 34.9 Å². The minimum absolute atomic E-state index is 0.110. The number of nitrogens with zero attached hydrogens (tertiary/aromatic N) is 4. The molecule has 1 fully saturated rings. The quantitative estimate of drug-likeness (QED) is 0.0596. The summed E-state index contributed by atoms with van der Waals surface area (Å²) in [6.45, 7) is 0.266. The molecule has 0 aliphatic carbocycles. The summed E-state index contributed by atoms with van der Waals surface area (Å²) in [5, 5.41) is 3.69. The van der Waals surface area contributed by atoms with Crippen molar-refractivity contribution in [2.75, 3.05) is 12.3 Å². The number of carbonyl (C=O) groups excluding carboxylic acids is 3. The number of hydrogen-bond donors (Lipinski definition) is 0. The highest BCUT2D eigenvalue weighted by Gasteiger charge is 2.35. The van der Waals surface area contributed by atoms with Gasteiger partial charge in [0.05, 0.1) is 5.56 Å². The van der Waals surface area contributed by atoms with Crippen LogP contribution in [0.2, 0.25) is 0 Å². The van der Waals surface area contributed by atoms with Gasteiger partial charge >= 0.3 is 12.3 Å². The summed E-state index contributed by atoms with van der Waals surface area (Å²) in [6, 6.07) is 2.26. The number of hydrogen-bond acceptors (Lipinski definition) is 7. The largest absolute Gasteiger partial charge is 0.534 e. The molecule has 1 saturated heterocycles. The van der Waals surface area contributed by atoms with Gasteiger partial charge < -0.3 is 4.74 Å². The van der Waals surface area contributed by atoms with E-state index in [-0.39, 0.29) is 36.5 Å². The van der Waals surface area contributed by atoms with Crippen molar-refractivity contribution in [3.8, 4) is 0 Å². The zero-order chi connectivity index (χ0) is 24.4. The summed E-state index contributed by atoms with van der Waals surface area (Å²) < 4.78 is 58.1. The lowest BCUT2D eigenvalue weighted by Gasteiger charge is -2.20. The lowest BCUT2D eigenvalue weighted by molar-refractivity contribution is -0.178. The Labute approximate surface area is 190 Å². The van der Waals surface area contributed by atoms with E-state index in [4.69, 9.17) is 10.3 Å². The summed E-state index contributed by atoms with van der Waals surface area (Å²) in [7, 11) is 0. The standard InChI is InChI=1S/C19H20F4N4O5S/c20-12-5-6-15(14(10-12)19(21,22)23)33-11-13(4-2-1-3-9-25-26-24)31-18(30)32-27-16(28)7-8-17(27)29/h5-6,10,13H,1-4,7-9,11H2. The van der Waals surface area contributed by atoms with Gasteiger partial charge in [-0.3, -0.25) is 14.4 Å². The van der Waals surface area contributed by atoms with Gasteiger partial charge in [-0.05, 0) is 43.0 Å². The van der Waals surface area contributed by atoms with E-state index >= 15 is 0 Å². The molecule has 0 saturated carbocycles. The lowest BCUT2D eigenvalue weighted by Crippen LogP contribution is -2.34. The second-order valence-corrected chi connectivity index (χ2v) is 7.98. The second kappa shape index (κ2) is 12.3. The van der Waals surface area contributed by atoms with Crippen molar-refractivity contribution in [2.45, 2.75) is 55.7 Å². The van der Waals surface area contributed by atoms with E-state index < -0.39 is 41.6 Å². The number of rotatable bonds is 11. The molecule has 14 heteroatoms. The highest BCUT2D eigenvalue weighted by atomic mass is 32.2. The maximum Gasteiger partial charge on any atom is 0.534 e. The highest BCUT2D eigenvalue weighted by molar-refractivity contribution is 7.99. The first-order valence-electron chi connectivity index (χ1n) is 9.86. The molecule has 1 atom stereocenters. The van der Waals surface area contributed by atoms with Crippen molar-refractivity contribution in [3.63, 3.8) is 0 Å². The van der Waals surface area contributed by atoms with Crippen LogP contribution in [0.15, 0.2) is 28.2 Å². The van der Waals surface area contributed by atoms with Gasteiger partial charge in [0.1, 0.15) is 11.9 Å². The first kappa shape index (κ1) is 26.3. The van der Waals surface area contributed by atoms with Crippen LogP contribution >= 0.6 is 11.8 Å². The van der Waals surface area contributed by atoms with Crippen LogP contribution in [0.4, 0.5) is 22.4 Å². The average molecular weight is 492 g/mol. The van der Waals surface area contributed by atoms with E-state index in [0.717, 1.165) is 12.1 Å². The van der Waals surface area contributed by atoms with Gasteiger partial charge in [0.15, 0.2) is 0 Å². The normalized spacial score (nSPS) is 14.7. The zero-order valence-corrected chi connectivity index (χ0v) is 18.0. The highest BCUT2D eigenvalue weighted by Crippen LogP contribution is 2.37. The number of alkyl halides is 3. The van der Waals surface area contributed by atoms with E-state index in [1.165, 1.54) is 0 Å². The summed E-state index contributed by atoms with van der Waals surface area (Å²) >= 11 is 0.715. The average Bonchev–Trinajstić information content (AvgIpc) is 3.06. The van der Waals surface area contributed by atoms with Crippen LogP contribution in [0.1, 0.15) is 44.1 Å². The smallest absolute Gasteiger partial charge is 0.428 e. The van der Waals surface area contributed by atoms with Gasteiger partial charge in [-0.25, -0.2) is 9.18 Å². The maximum absolute atomic E-state index is 13.3. The van der Waals surface area contributed by atoms with Crippen molar-refractivity contribution in [1.29, 1.82) is 0 Å². The number of unbranched alkanes of at least 4 members (excludes halogenated alkanes) is 2. The SMILES string of the molecule is [N-]=[N+]=NCCCCCC(CSc1ccc(F)cc1C(F)(F)F)OC(=O)ON1C(=O)CCC1=O. The molecule has 1 aromatic carbocycles. The van der Waals surface area contributed by atoms with Crippen molar-refractivity contribution >= 4 is 29.7 Å². The molecule has 33 heavy (non-hydrogen) atoms. The maximum atomic E-state index is 13.3. The monoisotopic (exact) mass is 492 g/mol. The summed E-state index contributed by atoms with van der Waals surface area (Å²) in [6.07, 6.45) is -5.42. The predicted molar refractivity (Wildman–Crippen MR) is 107 cm³/mol. The molecular weight excluding hydrogens is 472 g/mol. The third-order valence-electron chi connectivity index (χ3n) is 4.45. The van der Waals surface area contributed by atoms with Crippen LogP contribution in [-0.2, 0) is 25.3 Å². The molecule has 1 heterocycles. The van der Waals surface area contributed by atoms with E-state index in [0.29, 0.717) is 42.2 Å². The molecule has 0 bridgehead atoms. The second-order valence-electron chi connectivity index (χ2n) is 6.92. The molecule has 9 nitrogen and oxygen atoms in total. The van der Waals surface area contributed by atoms with E-state index in [9.17, 15) is 31.9 Å². The number of carbonyl (C=O) groups is 3. The third-order valence-corrected chi connectivity index (χ3v) is 5.66. The molecule has 1 unspecified atom stereocenters. The third kappa shape index (κ3) is 8.46. The van der Waals surface area contributed by atoms with Gasteiger partial charge in [-0.1, -0.05) is 16.6 Å². The van der Waals surface area contributed by atoms with Crippen LogP contribution in [0.3, 0.4) is 0 Å². The topological polar surface area (TPSA) is 122 Å². The molecule has 1 aliphatic heterocycles. The van der Waals surface area contributed by atoms with Gasteiger partial charge in [0.2, 0.25) is 0 Å². The van der Waals surface area contributed by atoms with Crippen molar-refractivity contribution in [1.82, 2.24) is 5.06 Å². The van der Waals surface area contributed by atoms with Crippen molar-refractivity contribution in [2.24, 2.45) is 5.11 Å². The fourth-order valence-corrected chi connectivity index (χ4v) is 3.97. The van der Waals surface area contributed by atoms with Crippen LogP contribution in [0, 0.1) is 5.82 Å². The minimum Gasteiger partial charge on any atom is -0.428 e. The van der Waals surface area contributed by atoms with E-state index in [2.05, 4.69) is 14.9 Å². The van der Waals surface area contributed by atoms with Crippen LogP contribution < -0.4 is 0 Å². The van der Waals surface area contributed by atoms with Crippen molar-refractivity contribution in [3.05, 3.63) is 40.0 Å². The van der Waals surface area contributed by atoms with Gasteiger partial charge in [-0.2, -0.15) is 13.2 Å². The van der Waals surface area contributed by atoms with Crippen molar-refractivity contribution < 1.29 is 41.5 Å². The molecule has 1 aliphatic rings. The summed E-state index contributed by atoms with van der Waals surface area (Å²) in [5.74, 6) is -2.57. The van der Waals surface area contributed by atoms with E-state index in [1.807, 2.05) is 0 Å². The molecule has 0 radical (unpaired) electrons. The Bertz CT molecular complexity index is 908. The molecular formula is C19H20F4N4O5S. The zero-order valence-electron chi connectivity index (χ0n) is 17.2. The van der Waals surface area contributed by atoms with Crippen LogP contribution in [-0.4, -0.2) is 41.4 Å². The number of azide groups is 1. The number of halogens is 4. The Morgan fingerprint density at radius 3 is 2.55 bits per heavy atom. The molecule has 0 aromatic heterocycles. The number of thioether (sulfide) groups is 1. The number of hydroxylamine groups is 2. The number of ether oxygens (including phenoxy) is 1. The Morgan fingerprint density at radius 2 is 1.91 bits per heavy atom. The van der Waals surface area contributed by atoms with Gasteiger partial charge in [-0.15, -0.1) is 11.8 Å². The molecule has 180 valence electrons. The van der Waals surface area contributed by atoms with E-state index in [1.54, 1.807) is 0 Å². The van der Waals surface area contributed by atoms with Crippen LogP contribution in [0.25, 0.3) is 10.4 Å². The summed E-state index contributed by atoms with van der Waals surface area (Å²) in [4.78, 5) is 42.2. The summed E-state index contributed by atoms with van der Waals surface area (Å²) in [5.41, 5.74) is 7.11. The molecule has 2 amide bonds. The Morgan fingerprint density at radius 1 is 1.21 bits per heavy atom. The Hall–Kier alpha value is -2.99. The Kier molecular flexibility index (Phi) is 9.79. The van der Waals surface area contributed by atoms with Gasteiger partial charge in [0.25, 0.3) is 11.8 Å². The molecule has 1 aromatic rings. The molecule has 2 rings (SSSR count). The number of imide groups is 1. The fourth-order valence-electron chi connectivity index (χ4n) is 2.87. The number of benzene rings is 1. The first-order valence-corrected chi connectivity index (χ1v) is 10.8. The minimum atomic E-state index is -4.78. The Balaban J connectivity index is 2.02. The fraction of sp³-hybridized carbons (Fsp3) is 0.526. The lowest BCUT2D eigenvalue weighted by atomic mass is 10.1. The van der Waals surface area contributed by atoms with Crippen LogP contribution in [0.5, 0.6) is 0 Å². The first-order chi connectivity index (χ1) is 15.6. The molecule has 0 spiro atoms. The molecule has 0 N–H and O–H groups in total. The number of amides is 2.